The fourth-order valence-corrected chi connectivity index (χ4v) is 3.89. The Labute approximate surface area is 125 Å². The number of amides is 1. The molecule has 5 nitrogen and oxygen atoms in total. The maximum absolute atomic E-state index is 12.4. The summed E-state index contributed by atoms with van der Waals surface area (Å²) in [5.74, 6) is -0.0651. The van der Waals surface area contributed by atoms with Gasteiger partial charge in [0.25, 0.3) is 5.91 Å². The lowest BCUT2D eigenvalue weighted by atomic mass is 9.72. The Bertz CT molecular complexity index is 655. The lowest BCUT2D eigenvalue weighted by molar-refractivity contribution is -0.0113. The van der Waals surface area contributed by atoms with Crippen LogP contribution in [-0.2, 0) is 9.84 Å². The van der Waals surface area contributed by atoms with Crippen molar-refractivity contribution in [3.8, 4) is 0 Å². The van der Waals surface area contributed by atoms with Gasteiger partial charge < -0.3 is 10.2 Å². The van der Waals surface area contributed by atoms with E-state index in [1.807, 2.05) is 4.90 Å². The molecule has 1 spiro atoms. The molecule has 0 radical (unpaired) electrons. The Kier molecular flexibility index (Phi) is 3.53. The summed E-state index contributed by atoms with van der Waals surface area (Å²) in [4.78, 5) is 14.5. The molecule has 1 aromatic carbocycles. The highest BCUT2D eigenvalue weighted by Gasteiger charge is 2.45. The number of rotatable bonds is 2. The molecule has 2 aliphatic heterocycles. The smallest absolute Gasteiger partial charge is 0.253 e. The number of likely N-dealkylation sites (tertiary alicyclic amines) is 1. The van der Waals surface area contributed by atoms with Gasteiger partial charge in [0.2, 0.25) is 0 Å². The third-order valence-electron chi connectivity index (χ3n) is 4.51. The molecule has 0 aliphatic carbocycles. The van der Waals surface area contributed by atoms with Gasteiger partial charge in [0.15, 0.2) is 9.84 Å². The van der Waals surface area contributed by atoms with Crippen molar-refractivity contribution in [1.29, 1.82) is 0 Å². The quantitative estimate of drug-likeness (QED) is 0.882. The van der Waals surface area contributed by atoms with Gasteiger partial charge in [0.1, 0.15) is 0 Å². The fraction of sp³-hybridized carbons (Fsp3) is 0.533. The third kappa shape index (κ3) is 2.82. The van der Waals surface area contributed by atoms with Gasteiger partial charge in [0, 0.05) is 30.3 Å². The zero-order chi connectivity index (χ0) is 15.1. The molecule has 0 saturated carbocycles. The first kappa shape index (κ1) is 14.5. The van der Waals surface area contributed by atoms with Crippen molar-refractivity contribution in [3.05, 3.63) is 29.8 Å². The van der Waals surface area contributed by atoms with Gasteiger partial charge in [-0.2, -0.15) is 0 Å². The first-order chi connectivity index (χ1) is 9.90. The lowest BCUT2D eigenvalue weighted by Crippen LogP contribution is -2.61. The van der Waals surface area contributed by atoms with Crippen LogP contribution in [0.1, 0.15) is 23.2 Å². The van der Waals surface area contributed by atoms with E-state index in [1.165, 1.54) is 12.1 Å². The summed E-state index contributed by atoms with van der Waals surface area (Å²) in [5.41, 5.74) is 0.747. The van der Waals surface area contributed by atoms with Crippen LogP contribution < -0.4 is 5.32 Å². The Hall–Kier alpha value is -1.40. The largest absolute Gasteiger partial charge is 0.337 e. The van der Waals surface area contributed by atoms with Gasteiger partial charge in [-0.1, -0.05) is 6.07 Å². The van der Waals surface area contributed by atoms with Crippen molar-refractivity contribution in [1.82, 2.24) is 10.2 Å². The van der Waals surface area contributed by atoms with Gasteiger partial charge in [-0.25, -0.2) is 8.42 Å². The summed E-state index contributed by atoms with van der Waals surface area (Å²) < 4.78 is 23.1. The number of carbonyl (C=O) groups excluding carboxylic acids is 1. The molecule has 0 unspecified atom stereocenters. The number of nitrogens with one attached hydrogen (secondary N) is 1. The second-order valence-electron chi connectivity index (χ2n) is 6.21. The Balaban J connectivity index is 1.72. The molecule has 1 N–H and O–H groups in total. The third-order valence-corrected chi connectivity index (χ3v) is 5.62. The van der Waals surface area contributed by atoms with Crippen molar-refractivity contribution in [2.45, 2.75) is 17.7 Å². The maximum Gasteiger partial charge on any atom is 0.253 e. The molecule has 2 saturated heterocycles. The van der Waals surface area contributed by atoms with Gasteiger partial charge in [-0.05, 0) is 44.1 Å². The minimum Gasteiger partial charge on any atom is -0.337 e. The van der Waals surface area contributed by atoms with Gasteiger partial charge in [0.05, 0.1) is 4.90 Å². The van der Waals surface area contributed by atoms with E-state index in [4.69, 9.17) is 0 Å². The molecule has 6 heteroatoms. The lowest BCUT2D eigenvalue weighted by Gasteiger charge is -2.52. The average molecular weight is 308 g/mol. The molecule has 1 aromatic rings. The predicted molar refractivity (Wildman–Crippen MR) is 80.0 cm³/mol. The number of nitrogens with zero attached hydrogens (tertiary/aromatic N) is 1. The molecule has 21 heavy (non-hydrogen) atoms. The second kappa shape index (κ2) is 5.10. The van der Waals surface area contributed by atoms with Crippen LogP contribution in [0.2, 0.25) is 0 Å². The van der Waals surface area contributed by atoms with Crippen molar-refractivity contribution in [2.75, 3.05) is 32.4 Å². The molecule has 0 atom stereocenters. The summed E-state index contributed by atoms with van der Waals surface area (Å²) >= 11 is 0. The maximum atomic E-state index is 12.4. The van der Waals surface area contributed by atoms with Crippen molar-refractivity contribution in [3.63, 3.8) is 0 Å². The van der Waals surface area contributed by atoms with E-state index in [0.29, 0.717) is 5.56 Å². The highest BCUT2D eigenvalue weighted by molar-refractivity contribution is 7.90. The van der Waals surface area contributed by atoms with Gasteiger partial charge in [-0.15, -0.1) is 0 Å². The fourth-order valence-electron chi connectivity index (χ4n) is 3.22. The highest BCUT2D eigenvalue weighted by atomic mass is 32.2. The second-order valence-corrected chi connectivity index (χ2v) is 8.23. The average Bonchev–Trinajstić information content (AvgIpc) is 2.44. The van der Waals surface area contributed by atoms with Gasteiger partial charge >= 0.3 is 0 Å². The minimum absolute atomic E-state index is 0.0651. The zero-order valence-corrected chi connectivity index (χ0v) is 12.9. The number of carbonyl (C=O) groups is 1. The van der Waals surface area contributed by atoms with Crippen LogP contribution >= 0.6 is 0 Å². The standard InChI is InChI=1S/C15H20N2O3S/c1-21(19,20)13-4-2-3-12(9-13)14(18)17-10-15(11-17)5-7-16-8-6-15/h2-4,9,16H,5-8,10-11H2,1H3. The Morgan fingerprint density at radius 1 is 1.24 bits per heavy atom. The molecule has 2 aliphatic rings. The zero-order valence-electron chi connectivity index (χ0n) is 12.1. The monoisotopic (exact) mass is 308 g/mol. The van der Waals surface area contributed by atoms with E-state index in [2.05, 4.69) is 5.32 Å². The summed E-state index contributed by atoms with van der Waals surface area (Å²) in [6.07, 6.45) is 3.38. The van der Waals surface area contributed by atoms with Crippen molar-refractivity contribution < 1.29 is 13.2 Å². The molecule has 1 amide bonds. The van der Waals surface area contributed by atoms with Gasteiger partial charge in [-0.3, -0.25) is 4.79 Å². The number of piperidine rings is 1. The van der Waals surface area contributed by atoms with E-state index < -0.39 is 9.84 Å². The number of hydrogen-bond acceptors (Lipinski definition) is 4. The van der Waals surface area contributed by atoms with E-state index in [0.717, 1.165) is 45.3 Å². The minimum atomic E-state index is -3.28. The summed E-state index contributed by atoms with van der Waals surface area (Å²) in [5, 5.41) is 3.34. The number of hydrogen-bond donors (Lipinski definition) is 1. The number of benzene rings is 1. The van der Waals surface area contributed by atoms with E-state index in [1.54, 1.807) is 12.1 Å². The molecule has 114 valence electrons. The summed E-state index contributed by atoms with van der Waals surface area (Å²) in [6.45, 7) is 3.62. The summed E-state index contributed by atoms with van der Waals surface area (Å²) in [7, 11) is -3.28. The van der Waals surface area contributed by atoms with Crippen molar-refractivity contribution in [2.24, 2.45) is 5.41 Å². The first-order valence-corrected chi connectivity index (χ1v) is 9.09. The molecule has 2 heterocycles. The van der Waals surface area contributed by atoms with Crippen LogP contribution in [0.25, 0.3) is 0 Å². The van der Waals surface area contributed by atoms with Crippen LogP contribution in [0.5, 0.6) is 0 Å². The van der Waals surface area contributed by atoms with Crippen LogP contribution in [-0.4, -0.2) is 51.7 Å². The summed E-state index contributed by atoms with van der Waals surface area (Å²) in [6, 6.07) is 6.32. The first-order valence-electron chi connectivity index (χ1n) is 7.20. The van der Waals surface area contributed by atoms with Crippen LogP contribution in [0.15, 0.2) is 29.2 Å². The van der Waals surface area contributed by atoms with Crippen LogP contribution in [0, 0.1) is 5.41 Å². The van der Waals surface area contributed by atoms with Crippen molar-refractivity contribution >= 4 is 15.7 Å². The van der Waals surface area contributed by atoms with Crippen LogP contribution in [0.4, 0.5) is 0 Å². The molecule has 3 rings (SSSR count). The molecular formula is C15H20N2O3S. The molecule has 0 aromatic heterocycles. The highest BCUT2D eigenvalue weighted by Crippen LogP contribution is 2.39. The molecule has 2 fully saturated rings. The molecular weight excluding hydrogens is 288 g/mol. The van der Waals surface area contributed by atoms with E-state index in [9.17, 15) is 13.2 Å². The predicted octanol–water partition coefficient (Wildman–Crippen LogP) is 0.916. The SMILES string of the molecule is CS(=O)(=O)c1cccc(C(=O)N2CC3(CCNCC3)C2)c1. The van der Waals surface area contributed by atoms with Crippen LogP contribution in [0.3, 0.4) is 0 Å². The normalized spacial score (nSPS) is 21.1. The van der Waals surface area contributed by atoms with E-state index in [-0.39, 0.29) is 16.2 Å². The van der Waals surface area contributed by atoms with E-state index >= 15 is 0 Å². The number of sulfone groups is 1. The Morgan fingerprint density at radius 2 is 1.90 bits per heavy atom. The topological polar surface area (TPSA) is 66.5 Å². The Morgan fingerprint density at radius 3 is 2.52 bits per heavy atom. The molecule has 0 bridgehead atoms.